The molecule has 2 aromatic carbocycles. The topological polar surface area (TPSA) is 46.5 Å². The molecule has 1 saturated carbocycles. The van der Waals surface area contributed by atoms with E-state index in [9.17, 15) is 18.0 Å². The zero-order valence-electron chi connectivity index (χ0n) is 12.9. The highest BCUT2D eigenvalue weighted by molar-refractivity contribution is 6.32. The monoisotopic (exact) mass is 370 g/mol. The first kappa shape index (κ1) is 17.6. The minimum absolute atomic E-state index is 0.113. The fraction of sp³-hybridized carbons (Fsp3) is 0.278. The Morgan fingerprint density at radius 2 is 2.00 bits per heavy atom. The van der Waals surface area contributed by atoms with Crippen LogP contribution in [0.3, 0.4) is 0 Å². The molecule has 0 bridgehead atoms. The van der Waals surface area contributed by atoms with Gasteiger partial charge in [-0.1, -0.05) is 23.7 Å². The molecule has 3 rings (SSSR count). The predicted octanol–water partition coefficient (Wildman–Crippen LogP) is 5.41. The summed E-state index contributed by atoms with van der Waals surface area (Å²) in [7, 11) is 0. The summed E-state index contributed by atoms with van der Waals surface area (Å²) in [4.78, 5) is 10.9. The number of carbonyl (C=O) groups is 1. The van der Waals surface area contributed by atoms with Crippen molar-refractivity contribution in [2.75, 3.05) is 0 Å². The SMILES string of the molecule is O=C(O)C1C[C@H]1Cc1cccc(Oc2ccc(C(F)(F)F)cc2Cl)c1. The Labute approximate surface area is 147 Å². The van der Waals surface area contributed by atoms with Gasteiger partial charge in [0.25, 0.3) is 0 Å². The number of ether oxygens (including phenoxy) is 1. The lowest BCUT2D eigenvalue weighted by Gasteiger charge is -2.12. The van der Waals surface area contributed by atoms with Crippen molar-refractivity contribution >= 4 is 17.6 Å². The second kappa shape index (κ2) is 6.59. The van der Waals surface area contributed by atoms with Crippen molar-refractivity contribution in [2.45, 2.75) is 19.0 Å². The number of aliphatic carboxylic acids is 1. The average Bonchev–Trinajstić information content (AvgIpc) is 3.28. The van der Waals surface area contributed by atoms with Crippen molar-refractivity contribution in [3.8, 4) is 11.5 Å². The molecule has 0 saturated heterocycles. The predicted molar refractivity (Wildman–Crippen MR) is 85.9 cm³/mol. The first-order chi connectivity index (χ1) is 11.7. The highest BCUT2D eigenvalue weighted by Crippen LogP contribution is 2.42. The summed E-state index contributed by atoms with van der Waals surface area (Å²) in [5.41, 5.74) is 0.0707. The van der Waals surface area contributed by atoms with Crippen LogP contribution in [0.25, 0.3) is 0 Å². The van der Waals surface area contributed by atoms with Gasteiger partial charge in [-0.2, -0.15) is 13.2 Å². The molecule has 7 heteroatoms. The molecule has 1 fully saturated rings. The Hall–Kier alpha value is -2.21. The first-order valence-corrected chi connectivity index (χ1v) is 7.98. The van der Waals surface area contributed by atoms with Crippen LogP contribution in [0.5, 0.6) is 11.5 Å². The summed E-state index contributed by atoms with van der Waals surface area (Å²) in [6.07, 6.45) is -3.19. The molecule has 0 aromatic heterocycles. The highest BCUT2D eigenvalue weighted by Gasteiger charge is 2.42. The molecule has 2 aromatic rings. The number of carboxylic acid groups (broad SMARTS) is 1. The second-order valence-electron chi connectivity index (χ2n) is 6.04. The van der Waals surface area contributed by atoms with Gasteiger partial charge in [0.2, 0.25) is 0 Å². The van der Waals surface area contributed by atoms with Crippen LogP contribution in [0.1, 0.15) is 17.5 Å². The minimum atomic E-state index is -4.47. The maximum Gasteiger partial charge on any atom is 0.416 e. The van der Waals surface area contributed by atoms with Crippen LogP contribution >= 0.6 is 11.6 Å². The Balaban J connectivity index is 1.71. The van der Waals surface area contributed by atoms with Crippen LogP contribution in [-0.4, -0.2) is 11.1 Å². The summed E-state index contributed by atoms with van der Waals surface area (Å²) >= 11 is 5.88. The van der Waals surface area contributed by atoms with E-state index in [2.05, 4.69) is 0 Å². The number of halogens is 4. The van der Waals surface area contributed by atoms with Gasteiger partial charge in [-0.25, -0.2) is 0 Å². The quantitative estimate of drug-likeness (QED) is 0.765. The standard InChI is InChI=1S/C18H14ClF3O3/c19-15-9-12(18(20,21)22)4-5-16(15)25-13-3-1-2-10(7-13)6-11-8-14(11)17(23)24/h1-5,7,9,11,14H,6,8H2,(H,23,24)/t11-,14?/m1/s1. The fourth-order valence-electron chi connectivity index (χ4n) is 2.70. The summed E-state index contributed by atoms with van der Waals surface area (Å²) in [5, 5.41) is 8.81. The molecular formula is C18H14ClF3O3. The Morgan fingerprint density at radius 3 is 2.60 bits per heavy atom. The lowest BCUT2D eigenvalue weighted by molar-refractivity contribution is -0.139. The highest BCUT2D eigenvalue weighted by atomic mass is 35.5. The third-order valence-electron chi connectivity index (χ3n) is 4.12. The van der Waals surface area contributed by atoms with E-state index >= 15 is 0 Å². The van der Waals surface area contributed by atoms with Gasteiger partial charge >= 0.3 is 12.1 Å². The van der Waals surface area contributed by atoms with Gasteiger partial charge in [0.15, 0.2) is 0 Å². The number of hydrogen-bond donors (Lipinski definition) is 1. The summed E-state index contributed by atoms with van der Waals surface area (Å²) in [6.45, 7) is 0. The molecular weight excluding hydrogens is 357 g/mol. The summed E-state index contributed by atoms with van der Waals surface area (Å²) in [5.74, 6) is -0.404. The van der Waals surface area contributed by atoms with E-state index in [1.54, 1.807) is 18.2 Å². The Bertz CT molecular complexity index is 804. The molecule has 0 radical (unpaired) electrons. The largest absolute Gasteiger partial charge is 0.481 e. The Kier molecular flexibility index (Phi) is 4.64. The lowest BCUT2D eigenvalue weighted by atomic mass is 10.1. The molecule has 3 nitrogen and oxygen atoms in total. The van der Waals surface area contributed by atoms with E-state index < -0.39 is 17.7 Å². The molecule has 1 unspecified atom stereocenters. The van der Waals surface area contributed by atoms with Crippen LogP contribution in [0.15, 0.2) is 42.5 Å². The number of benzene rings is 2. The molecule has 2 atom stereocenters. The second-order valence-corrected chi connectivity index (χ2v) is 6.44. The van der Waals surface area contributed by atoms with E-state index in [1.807, 2.05) is 6.07 Å². The van der Waals surface area contributed by atoms with Crippen LogP contribution in [0.2, 0.25) is 5.02 Å². The molecule has 0 amide bonds. The third kappa shape index (κ3) is 4.25. The number of carboxylic acids is 1. The molecule has 25 heavy (non-hydrogen) atoms. The fourth-order valence-corrected chi connectivity index (χ4v) is 2.92. The number of rotatable bonds is 5. The third-order valence-corrected chi connectivity index (χ3v) is 4.42. The average molecular weight is 371 g/mol. The summed E-state index contributed by atoms with van der Waals surface area (Å²) in [6, 6.07) is 9.93. The van der Waals surface area contributed by atoms with Crippen LogP contribution in [0.4, 0.5) is 13.2 Å². The van der Waals surface area contributed by atoms with Gasteiger partial charge in [-0.3, -0.25) is 4.79 Å². The van der Waals surface area contributed by atoms with E-state index in [1.165, 1.54) is 6.07 Å². The van der Waals surface area contributed by atoms with Crippen molar-refractivity contribution in [1.29, 1.82) is 0 Å². The maximum atomic E-state index is 12.7. The van der Waals surface area contributed by atoms with Crippen LogP contribution < -0.4 is 4.74 Å². The van der Waals surface area contributed by atoms with Gasteiger partial charge in [0.05, 0.1) is 16.5 Å². The number of hydrogen-bond acceptors (Lipinski definition) is 2. The zero-order chi connectivity index (χ0) is 18.2. The van der Waals surface area contributed by atoms with Crippen molar-refractivity contribution in [1.82, 2.24) is 0 Å². The molecule has 1 N–H and O–H groups in total. The minimum Gasteiger partial charge on any atom is -0.481 e. The van der Waals surface area contributed by atoms with Gasteiger partial charge in [0.1, 0.15) is 11.5 Å². The molecule has 1 aliphatic rings. The van der Waals surface area contributed by atoms with Crippen molar-refractivity contribution in [3.63, 3.8) is 0 Å². The van der Waals surface area contributed by atoms with E-state index in [4.69, 9.17) is 21.4 Å². The van der Waals surface area contributed by atoms with Crippen LogP contribution in [-0.2, 0) is 17.4 Å². The van der Waals surface area contributed by atoms with Gasteiger partial charge < -0.3 is 9.84 Å². The van der Waals surface area contributed by atoms with Crippen LogP contribution in [0, 0.1) is 11.8 Å². The van der Waals surface area contributed by atoms with Gasteiger partial charge in [-0.15, -0.1) is 0 Å². The van der Waals surface area contributed by atoms with E-state index in [0.717, 1.165) is 17.7 Å². The van der Waals surface area contributed by atoms with Crippen molar-refractivity contribution < 1.29 is 27.8 Å². The Morgan fingerprint density at radius 1 is 1.24 bits per heavy atom. The molecule has 1 aliphatic carbocycles. The normalized spacial score (nSPS) is 19.5. The molecule has 0 spiro atoms. The zero-order valence-corrected chi connectivity index (χ0v) is 13.6. The van der Waals surface area contributed by atoms with Crippen molar-refractivity contribution in [2.24, 2.45) is 11.8 Å². The van der Waals surface area contributed by atoms with Gasteiger partial charge in [-0.05, 0) is 54.7 Å². The maximum absolute atomic E-state index is 12.7. The van der Waals surface area contributed by atoms with Gasteiger partial charge in [0, 0.05) is 0 Å². The van der Waals surface area contributed by atoms with E-state index in [0.29, 0.717) is 18.6 Å². The first-order valence-electron chi connectivity index (χ1n) is 7.60. The lowest BCUT2D eigenvalue weighted by Crippen LogP contribution is -2.04. The van der Waals surface area contributed by atoms with Crippen molar-refractivity contribution in [3.05, 3.63) is 58.6 Å². The van der Waals surface area contributed by atoms with E-state index in [-0.39, 0.29) is 22.6 Å². The number of alkyl halides is 3. The molecule has 132 valence electrons. The smallest absolute Gasteiger partial charge is 0.416 e. The molecule has 0 aliphatic heterocycles. The summed E-state index contributed by atoms with van der Waals surface area (Å²) < 4.78 is 43.5. The molecule has 0 heterocycles.